The lowest BCUT2D eigenvalue weighted by molar-refractivity contribution is 0.186. The van der Waals surface area contributed by atoms with Gasteiger partial charge in [0.25, 0.3) is 0 Å². The van der Waals surface area contributed by atoms with Gasteiger partial charge in [-0.05, 0) is 42.6 Å². The maximum atomic E-state index is 13.7. The molecule has 0 aliphatic carbocycles. The molecule has 1 saturated heterocycles. The van der Waals surface area contributed by atoms with Gasteiger partial charge in [0.05, 0.1) is 18.3 Å². The molecule has 0 saturated carbocycles. The van der Waals surface area contributed by atoms with Crippen LogP contribution >= 0.6 is 0 Å². The maximum Gasteiger partial charge on any atom is 0.318 e. The van der Waals surface area contributed by atoms with Gasteiger partial charge < -0.3 is 15.1 Å². The molecule has 2 atom stereocenters. The van der Waals surface area contributed by atoms with Crippen LogP contribution in [0.15, 0.2) is 30.5 Å². The smallest absolute Gasteiger partial charge is 0.318 e. The Bertz CT molecular complexity index is 918. The molecule has 3 heterocycles. The Morgan fingerprint density at radius 2 is 2.17 bits per heavy atom. The number of fused-ring (bicyclic) bond motifs is 1. The summed E-state index contributed by atoms with van der Waals surface area (Å²) in [4.78, 5) is 26.3. The number of likely N-dealkylation sites (N-methyl/N-ethyl adjacent to an activating group) is 1. The first-order chi connectivity index (χ1) is 14.4. The number of rotatable bonds is 4. The third-order valence-electron chi connectivity index (χ3n) is 5.96. The minimum absolute atomic E-state index is 0.0485. The number of hydrogen-bond acceptors (Lipinski definition) is 4. The highest BCUT2D eigenvalue weighted by molar-refractivity contribution is 5.75. The van der Waals surface area contributed by atoms with Crippen LogP contribution in [0, 0.1) is 11.7 Å². The Morgan fingerprint density at radius 1 is 1.33 bits per heavy atom. The number of benzene rings is 1. The molecule has 30 heavy (non-hydrogen) atoms. The quantitative estimate of drug-likeness (QED) is 0.840. The minimum Gasteiger partial charge on any atom is -0.333 e. The summed E-state index contributed by atoms with van der Waals surface area (Å²) in [6, 6.07) is 6.58. The van der Waals surface area contributed by atoms with Gasteiger partial charge in [0.2, 0.25) is 0 Å². The average Bonchev–Trinajstić information content (AvgIpc) is 3.07. The Morgan fingerprint density at radius 3 is 2.93 bits per heavy atom. The molecule has 1 N–H and O–H groups in total. The molecule has 7 heteroatoms. The van der Waals surface area contributed by atoms with Crippen LogP contribution in [0.4, 0.5) is 9.18 Å². The van der Waals surface area contributed by atoms with Crippen LogP contribution in [-0.2, 0) is 19.4 Å². The Labute approximate surface area is 177 Å². The second-order valence-electron chi connectivity index (χ2n) is 8.97. The zero-order valence-electron chi connectivity index (χ0n) is 17.9. The molecule has 0 radical (unpaired) electrons. The minimum atomic E-state index is -0.239. The molecule has 2 aliphatic heterocycles. The van der Waals surface area contributed by atoms with Crippen LogP contribution in [0.1, 0.15) is 42.4 Å². The molecule has 6 nitrogen and oxygen atoms in total. The van der Waals surface area contributed by atoms with Crippen LogP contribution in [0.2, 0.25) is 0 Å². The van der Waals surface area contributed by atoms with Gasteiger partial charge in [-0.2, -0.15) is 0 Å². The fourth-order valence-corrected chi connectivity index (χ4v) is 4.45. The summed E-state index contributed by atoms with van der Waals surface area (Å²) < 4.78 is 13.7. The lowest BCUT2D eigenvalue weighted by Crippen LogP contribution is -2.49. The first-order valence-electron chi connectivity index (χ1n) is 10.7. The number of urea groups is 1. The molecule has 0 bridgehead atoms. The van der Waals surface area contributed by atoms with Gasteiger partial charge in [-0.15, -0.1) is 0 Å². The predicted octanol–water partition coefficient (Wildman–Crippen LogP) is 2.98. The van der Waals surface area contributed by atoms with E-state index in [1.807, 2.05) is 24.2 Å². The first-order valence-corrected chi connectivity index (χ1v) is 10.7. The van der Waals surface area contributed by atoms with Crippen LogP contribution in [0.3, 0.4) is 0 Å². The highest BCUT2D eigenvalue weighted by atomic mass is 19.1. The van der Waals surface area contributed by atoms with Crippen LogP contribution in [0.5, 0.6) is 0 Å². The second kappa shape index (κ2) is 8.68. The molecule has 2 amide bonds. The lowest BCUT2D eigenvalue weighted by Gasteiger charge is -2.30. The molecule has 2 aliphatic rings. The van der Waals surface area contributed by atoms with Crippen molar-refractivity contribution < 1.29 is 9.18 Å². The second-order valence-corrected chi connectivity index (χ2v) is 8.97. The van der Waals surface area contributed by atoms with Crippen molar-refractivity contribution in [2.75, 3.05) is 26.7 Å². The number of halogens is 1. The third kappa shape index (κ3) is 4.61. The first kappa shape index (κ1) is 20.7. The van der Waals surface area contributed by atoms with Crippen molar-refractivity contribution in [1.29, 1.82) is 0 Å². The van der Waals surface area contributed by atoms with Gasteiger partial charge in [0.15, 0.2) is 0 Å². The number of amides is 2. The molecule has 0 spiro atoms. The molecule has 1 aromatic heterocycles. The Hall–Kier alpha value is -2.54. The SMILES string of the molecule is CC(C)Cc1ncc2c(n1)CN(C(=O)NC1CN(C)C[C@H]1c1cccc(F)c1)CC2. The summed E-state index contributed by atoms with van der Waals surface area (Å²) in [6.07, 6.45) is 3.52. The largest absolute Gasteiger partial charge is 0.333 e. The zero-order valence-corrected chi connectivity index (χ0v) is 17.9. The van der Waals surface area contributed by atoms with E-state index in [9.17, 15) is 9.18 Å². The fourth-order valence-electron chi connectivity index (χ4n) is 4.45. The van der Waals surface area contributed by atoms with Crippen LogP contribution < -0.4 is 5.32 Å². The van der Waals surface area contributed by atoms with E-state index in [4.69, 9.17) is 4.98 Å². The molecule has 1 aromatic carbocycles. The van der Waals surface area contributed by atoms with Crippen molar-refractivity contribution in [2.45, 2.75) is 45.2 Å². The van der Waals surface area contributed by atoms with E-state index >= 15 is 0 Å². The fraction of sp³-hybridized carbons (Fsp3) is 0.522. The van der Waals surface area contributed by atoms with E-state index in [1.54, 1.807) is 12.1 Å². The monoisotopic (exact) mass is 411 g/mol. The predicted molar refractivity (Wildman–Crippen MR) is 114 cm³/mol. The highest BCUT2D eigenvalue weighted by Crippen LogP contribution is 2.28. The molecule has 160 valence electrons. The van der Waals surface area contributed by atoms with Crippen LogP contribution in [-0.4, -0.2) is 58.5 Å². The summed E-state index contributed by atoms with van der Waals surface area (Å²) in [5.74, 6) is 1.17. The number of carbonyl (C=O) groups is 1. The summed E-state index contributed by atoms with van der Waals surface area (Å²) in [7, 11) is 2.03. The number of likely N-dealkylation sites (tertiary alicyclic amines) is 1. The summed E-state index contributed by atoms with van der Waals surface area (Å²) >= 11 is 0. The normalized spacial score (nSPS) is 21.7. The van der Waals surface area contributed by atoms with Crippen molar-refractivity contribution in [1.82, 2.24) is 25.1 Å². The lowest BCUT2D eigenvalue weighted by atomic mass is 9.94. The van der Waals surface area contributed by atoms with E-state index in [1.165, 1.54) is 6.07 Å². The van der Waals surface area contributed by atoms with Gasteiger partial charge in [0, 0.05) is 38.2 Å². The summed E-state index contributed by atoms with van der Waals surface area (Å²) in [5, 5.41) is 3.20. The summed E-state index contributed by atoms with van der Waals surface area (Å²) in [6.45, 7) is 6.99. The van der Waals surface area contributed by atoms with Crippen molar-refractivity contribution in [3.63, 3.8) is 0 Å². The highest BCUT2D eigenvalue weighted by Gasteiger charge is 2.34. The maximum absolute atomic E-state index is 13.7. The van der Waals surface area contributed by atoms with E-state index in [2.05, 4.69) is 29.0 Å². The number of aromatic nitrogens is 2. The molecule has 4 rings (SSSR count). The van der Waals surface area contributed by atoms with Gasteiger partial charge in [-0.3, -0.25) is 0 Å². The van der Waals surface area contributed by atoms with Crippen molar-refractivity contribution >= 4 is 6.03 Å². The van der Waals surface area contributed by atoms with Gasteiger partial charge >= 0.3 is 6.03 Å². The van der Waals surface area contributed by atoms with Crippen molar-refractivity contribution in [3.8, 4) is 0 Å². The zero-order chi connectivity index (χ0) is 21.3. The number of nitrogens with zero attached hydrogens (tertiary/aromatic N) is 4. The number of hydrogen-bond donors (Lipinski definition) is 1. The topological polar surface area (TPSA) is 61.4 Å². The standard InChI is InChI=1S/C23H30FN5O/c1-15(2)9-22-25-11-17-7-8-29(14-20(17)26-22)23(30)27-21-13-28(3)12-19(21)16-5-4-6-18(24)10-16/h4-6,10-11,15,19,21H,7-9,12-14H2,1-3H3,(H,27,30)/t19-,21?/m0/s1. The molecule has 1 fully saturated rings. The summed E-state index contributed by atoms with van der Waals surface area (Å²) in [5.41, 5.74) is 3.01. The van der Waals surface area contributed by atoms with Crippen molar-refractivity contribution in [3.05, 3.63) is 58.9 Å². The van der Waals surface area contributed by atoms with Gasteiger partial charge in [-0.1, -0.05) is 26.0 Å². The van der Waals surface area contributed by atoms with Gasteiger partial charge in [0.1, 0.15) is 11.6 Å². The molecular weight excluding hydrogens is 381 g/mol. The molecule has 2 aromatic rings. The Balaban J connectivity index is 1.45. The van der Waals surface area contributed by atoms with E-state index < -0.39 is 0 Å². The van der Waals surface area contributed by atoms with E-state index in [0.717, 1.165) is 48.6 Å². The average molecular weight is 412 g/mol. The number of nitrogens with one attached hydrogen (secondary N) is 1. The van der Waals surface area contributed by atoms with Crippen LogP contribution in [0.25, 0.3) is 0 Å². The number of carbonyl (C=O) groups excluding carboxylic acids is 1. The van der Waals surface area contributed by atoms with Crippen molar-refractivity contribution in [2.24, 2.45) is 5.92 Å². The third-order valence-corrected chi connectivity index (χ3v) is 5.96. The molecular formula is C23H30FN5O. The van der Waals surface area contributed by atoms with E-state index in [-0.39, 0.29) is 23.8 Å². The molecule has 1 unspecified atom stereocenters. The Kier molecular flexibility index (Phi) is 5.99. The van der Waals surface area contributed by atoms with Gasteiger partial charge in [-0.25, -0.2) is 19.2 Å². The van der Waals surface area contributed by atoms with E-state index in [0.29, 0.717) is 19.0 Å².